The molecule has 0 unspecified atom stereocenters. The van der Waals surface area contributed by atoms with E-state index in [9.17, 15) is 0 Å². The molecule has 0 aromatic rings. The molecule has 0 nitrogen and oxygen atoms in total. The molecule has 0 N–H and O–H groups in total. The van der Waals surface area contributed by atoms with Gasteiger partial charge in [0.15, 0.2) is 0 Å². The van der Waals surface area contributed by atoms with Crippen LogP contribution >= 0.6 is 0 Å². The standard InChI is InChI=1S/C13H26.C2H6/c1-10(2)11-6-8-12(9-7-11)13(3,4)5;1-2/h10-12H,6-9H2,1-5H3;1-2H3. The van der Waals surface area contributed by atoms with Gasteiger partial charge in [-0.15, -0.1) is 0 Å². The van der Waals surface area contributed by atoms with E-state index in [-0.39, 0.29) is 0 Å². The Morgan fingerprint density at radius 3 is 1.53 bits per heavy atom. The van der Waals surface area contributed by atoms with Crippen LogP contribution in [0, 0.1) is 23.2 Å². The van der Waals surface area contributed by atoms with Crippen molar-refractivity contribution in [3.8, 4) is 0 Å². The van der Waals surface area contributed by atoms with Crippen molar-refractivity contribution in [1.29, 1.82) is 0 Å². The molecule has 0 bridgehead atoms. The van der Waals surface area contributed by atoms with Crippen LogP contribution in [0.3, 0.4) is 0 Å². The average Bonchev–Trinajstić information content (AvgIpc) is 2.20. The highest BCUT2D eigenvalue weighted by Gasteiger charge is 2.30. The second-order valence-corrected chi connectivity index (χ2v) is 6.22. The van der Waals surface area contributed by atoms with Crippen LogP contribution in [0.15, 0.2) is 0 Å². The highest BCUT2D eigenvalue weighted by molar-refractivity contribution is 4.81. The monoisotopic (exact) mass is 212 g/mol. The van der Waals surface area contributed by atoms with Crippen LogP contribution in [0.5, 0.6) is 0 Å². The van der Waals surface area contributed by atoms with Crippen molar-refractivity contribution in [3.05, 3.63) is 0 Å². The van der Waals surface area contributed by atoms with Crippen LogP contribution in [-0.4, -0.2) is 0 Å². The molecule has 1 aliphatic rings. The van der Waals surface area contributed by atoms with E-state index in [1.807, 2.05) is 13.8 Å². The molecule has 0 spiro atoms. The van der Waals surface area contributed by atoms with E-state index in [4.69, 9.17) is 0 Å². The van der Waals surface area contributed by atoms with Gasteiger partial charge in [0.2, 0.25) is 0 Å². The predicted molar refractivity (Wildman–Crippen MR) is 71.1 cm³/mol. The Morgan fingerprint density at radius 2 is 1.27 bits per heavy atom. The molecule has 0 saturated heterocycles. The molecule has 15 heavy (non-hydrogen) atoms. The molecule has 1 rings (SSSR count). The first kappa shape index (κ1) is 15.0. The zero-order valence-electron chi connectivity index (χ0n) is 12.1. The van der Waals surface area contributed by atoms with Gasteiger partial charge < -0.3 is 0 Å². The maximum absolute atomic E-state index is 2.40. The van der Waals surface area contributed by atoms with Crippen molar-refractivity contribution in [2.45, 2.75) is 74.1 Å². The number of rotatable bonds is 1. The zero-order valence-corrected chi connectivity index (χ0v) is 12.1. The normalized spacial score (nSPS) is 27.2. The summed E-state index contributed by atoms with van der Waals surface area (Å²) in [6, 6.07) is 0. The first-order chi connectivity index (χ1) is 6.91. The fourth-order valence-corrected chi connectivity index (χ4v) is 2.65. The quantitative estimate of drug-likeness (QED) is 0.537. The van der Waals surface area contributed by atoms with Crippen molar-refractivity contribution in [2.24, 2.45) is 23.2 Å². The maximum Gasteiger partial charge on any atom is -0.0354 e. The van der Waals surface area contributed by atoms with Crippen molar-refractivity contribution < 1.29 is 0 Å². The second kappa shape index (κ2) is 6.55. The third-order valence-corrected chi connectivity index (χ3v) is 3.94. The van der Waals surface area contributed by atoms with Crippen molar-refractivity contribution in [2.75, 3.05) is 0 Å². The van der Waals surface area contributed by atoms with E-state index in [2.05, 4.69) is 34.6 Å². The van der Waals surface area contributed by atoms with E-state index < -0.39 is 0 Å². The Balaban J connectivity index is 0.000000921. The first-order valence-electron chi connectivity index (χ1n) is 6.91. The van der Waals surface area contributed by atoms with Crippen LogP contribution in [0.4, 0.5) is 0 Å². The van der Waals surface area contributed by atoms with E-state index in [0.29, 0.717) is 5.41 Å². The smallest absolute Gasteiger partial charge is 0.0354 e. The van der Waals surface area contributed by atoms with Gasteiger partial charge in [-0.1, -0.05) is 48.5 Å². The summed E-state index contributed by atoms with van der Waals surface area (Å²) < 4.78 is 0. The second-order valence-electron chi connectivity index (χ2n) is 6.22. The highest BCUT2D eigenvalue weighted by atomic mass is 14.4. The van der Waals surface area contributed by atoms with Crippen LogP contribution in [0.1, 0.15) is 74.1 Å². The minimum Gasteiger partial charge on any atom is -0.0683 e. The molecule has 0 aromatic heterocycles. The summed E-state index contributed by atoms with van der Waals surface area (Å²) in [6.45, 7) is 15.9. The molecule has 0 radical (unpaired) electrons. The van der Waals surface area contributed by atoms with Crippen LogP contribution in [0.25, 0.3) is 0 Å². The number of hydrogen-bond donors (Lipinski definition) is 0. The van der Waals surface area contributed by atoms with Gasteiger partial charge in [-0.05, 0) is 48.9 Å². The van der Waals surface area contributed by atoms with Crippen LogP contribution < -0.4 is 0 Å². The Bertz CT molecular complexity index is 142. The lowest BCUT2D eigenvalue weighted by Gasteiger charge is -2.38. The van der Waals surface area contributed by atoms with Gasteiger partial charge in [-0.2, -0.15) is 0 Å². The van der Waals surface area contributed by atoms with E-state index in [0.717, 1.165) is 17.8 Å². The van der Waals surface area contributed by atoms with Gasteiger partial charge in [0.1, 0.15) is 0 Å². The minimum absolute atomic E-state index is 0.544. The molecule has 92 valence electrons. The van der Waals surface area contributed by atoms with E-state index in [1.165, 1.54) is 25.7 Å². The first-order valence-corrected chi connectivity index (χ1v) is 6.91. The maximum atomic E-state index is 2.40. The molecule has 1 saturated carbocycles. The molecule has 0 amide bonds. The summed E-state index contributed by atoms with van der Waals surface area (Å²) >= 11 is 0. The Kier molecular flexibility index (Phi) is 6.55. The minimum atomic E-state index is 0.544. The van der Waals surface area contributed by atoms with Crippen molar-refractivity contribution in [3.63, 3.8) is 0 Å². The fraction of sp³-hybridized carbons (Fsp3) is 1.00. The zero-order chi connectivity index (χ0) is 12.1. The van der Waals surface area contributed by atoms with Crippen molar-refractivity contribution >= 4 is 0 Å². The molecule has 0 atom stereocenters. The lowest BCUT2D eigenvalue weighted by atomic mass is 9.68. The molecule has 0 heterocycles. The van der Waals surface area contributed by atoms with Gasteiger partial charge >= 0.3 is 0 Å². The topological polar surface area (TPSA) is 0 Å². The summed E-state index contributed by atoms with van der Waals surface area (Å²) in [4.78, 5) is 0. The van der Waals surface area contributed by atoms with Gasteiger partial charge in [0.25, 0.3) is 0 Å². The molecule has 1 aliphatic carbocycles. The molecule has 0 heteroatoms. The molecule has 1 fully saturated rings. The molecule has 0 aliphatic heterocycles. The van der Waals surface area contributed by atoms with E-state index >= 15 is 0 Å². The summed E-state index contributed by atoms with van der Waals surface area (Å²) in [7, 11) is 0. The van der Waals surface area contributed by atoms with Gasteiger partial charge in [-0.3, -0.25) is 0 Å². The van der Waals surface area contributed by atoms with Crippen LogP contribution in [-0.2, 0) is 0 Å². The van der Waals surface area contributed by atoms with Crippen molar-refractivity contribution in [1.82, 2.24) is 0 Å². The third kappa shape index (κ3) is 5.04. The number of hydrogen-bond acceptors (Lipinski definition) is 0. The van der Waals surface area contributed by atoms with E-state index in [1.54, 1.807) is 0 Å². The average molecular weight is 212 g/mol. The largest absolute Gasteiger partial charge is 0.0683 e. The highest BCUT2D eigenvalue weighted by Crippen LogP contribution is 2.41. The predicted octanol–water partition coefficient (Wildman–Crippen LogP) is 5.52. The molecular weight excluding hydrogens is 180 g/mol. The summed E-state index contributed by atoms with van der Waals surface area (Å²) in [6.07, 6.45) is 5.87. The Morgan fingerprint density at radius 1 is 0.867 bits per heavy atom. The lowest BCUT2D eigenvalue weighted by molar-refractivity contribution is 0.132. The summed E-state index contributed by atoms with van der Waals surface area (Å²) in [5.41, 5.74) is 0.544. The summed E-state index contributed by atoms with van der Waals surface area (Å²) in [5.74, 6) is 2.89. The molecule has 0 aromatic carbocycles. The third-order valence-electron chi connectivity index (χ3n) is 3.94. The van der Waals surface area contributed by atoms with Gasteiger partial charge in [-0.25, -0.2) is 0 Å². The van der Waals surface area contributed by atoms with Crippen LogP contribution in [0.2, 0.25) is 0 Å². The van der Waals surface area contributed by atoms with Gasteiger partial charge in [0, 0.05) is 0 Å². The Labute approximate surface area is 97.8 Å². The SMILES string of the molecule is CC.CC(C)C1CCC(C(C)(C)C)CC1. The Hall–Kier alpha value is 0. The lowest BCUT2D eigenvalue weighted by Crippen LogP contribution is -2.27. The van der Waals surface area contributed by atoms with Gasteiger partial charge in [0.05, 0.1) is 0 Å². The molecular formula is C15H32. The summed E-state index contributed by atoms with van der Waals surface area (Å²) in [5, 5.41) is 0. The fourth-order valence-electron chi connectivity index (χ4n) is 2.65.